The van der Waals surface area contributed by atoms with Crippen LogP contribution in [0.2, 0.25) is 0 Å². The van der Waals surface area contributed by atoms with Crippen LogP contribution >= 0.6 is 8.53 Å². The van der Waals surface area contributed by atoms with E-state index in [0.29, 0.717) is 17.9 Å². The minimum atomic E-state index is -1.80. The fourth-order valence-corrected chi connectivity index (χ4v) is 10.5. The number of nitriles is 1. The van der Waals surface area contributed by atoms with Crippen LogP contribution in [0.1, 0.15) is 112 Å². The highest BCUT2D eigenvalue weighted by molar-refractivity contribution is 7.44. The number of aromatic nitrogens is 2. The zero-order chi connectivity index (χ0) is 50.0. The van der Waals surface area contributed by atoms with Crippen molar-refractivity contribution in [2.75, 3.05) is 40.5 Å². The molecule has 0 bridgehead atoms. The predicted octanol–water partition coefficient (Wildman–Crippen LogP) is 8.25. The van der Waals surface area contributed by atoms with Crippen LogP contribution in [0.15, 0.2) is 107 Å². The van der Waals surface area contributed by atoms with Gasteiger partial charge in [0, 0.05) is 37.8 Å². The first kappa shape index (κ1) is 53.5. The molecule has 2 heterocycles. The van der Waals surface area contributed by atoms with E-state index in [9.17, 15) is 24.4 Å². The van der Waals surface area contributed by atoms with E-state index in [1.807, 2.05) is 107 Å². The van der Waals surface area contributed by atoms with Crippen molar-refractivity contribution in [3.8, 4) is 17.6 Å². The number of amides is 2. The van der Waals surface area contributed by atoms with Gasteiger partial charge in [0.15, 0.2) is 0 Å². The fourth-order valence-electron chi connectivity index (χ4n) is 8.70. The number of hydrogen-bond donors (Lipinski definition) is 3. The van der Waals surface area contributed by atoms with E-state index in [4.69, 9.17) is 32.7 Å². The standard InChI is InChI=1S/C52H67N6O11P/c1-36(2)58(37(3)4)70(66-32-15-29-53)69-45-33-47(57-34-44(49(60)56-50(57)61)48(59)54-30-16-31-55-51(62)67-43-19-13-8-7-9-14-20-43)68-46(45)35-65-52(38-17-11-10-12-18-38,39-21-25-41(63-5)26-22-39)40-23-27-42(64-6)28-24-40/h7-8,10-12,17-18,21-28,34,36-37,43,45-47H,9,13-16,19-20,30-33,35H2,1-6H3,(H,54,59)(H,55,62)(H,56,60,61)/b8-7+. The first-order valence-corrected chi connectivity index (χ1v) is 25.1. The molecular weight excluding hydrogens is 916 g/mol. The summed E-state index contributed by atoms with van der Waals surface area (Å²) in [6.07, 6.45) is 7.08. The first-order valence-electron chi connectivity index (χ1n) is 24.0. The molecule has 3 aromatic carbocycles. The normalized spacial score (nSPS) is 19.2. The Bertz CT molecular complexity index is 2420. The van der Waals surface area contributed by atoms with Gasteiger partial charge in [0.1, 0.15) is 41.1 Å². The van der Waals surface area contributed by atoms with Crippen LogP contribution in [0.25, 0.3) is 0 Å². The van der Waals surface area contributed by atoms with Crippen LogP contribution < -0.4 is 31.4 Å². The Kier molecular flexibility index (Phi) is 20.2. The van der Waals surface area contributed by atoms with Crippen molar-refractivity contribution in [1.29, 1.82) is 5.26 Å². The third-order valence-electron chi connectivity index (χ3n) is 12.1. The molecule has 1 aliphatic heterocycles. The van der Waals surface area contributed by atoms with Crippen molar-refractivity contribution in [3.05, 3.63) is 140 Å². The summed E-state index contributed by atoms with van der Waals surface area (Å²) in [5.74, 6) is 0.608. The highest BCUT2D eigenvalue weighted by Crippen LogP contribution is 2.50. The lowest BCUT2D eigenvalue weighted by molar-refractivity contribution is -0.0926. The first-order chi connectivity index (χ1) is 33.9. The molecule has 17 nitrogen and oxygen atoms in total. The van der Waals surface area contributed by atoms with Crippen molar-refractivity contribution in [3.63, 3.8) is 0 Å². The average molecular weight is 983 g/mol. The Hall–Kier alpha value is -5.86. The Morgan fingerprint density at radius 1 is 0.886 bits per heavy atom. The molecule has 1 aromatic heterocycles. The molecule has 2 aliphatic rings. The lowest BCUT2D eigenvalue weighted by atomic mass is 9.80. The van der Waals surface area contributed by atoms with Gasteiger partial charge in [0.05, 0.1) is 46.0 Å². The molecule has 70 heavy (non-hydrogen) atoms. The highest BCUT2D eigenvalue weighted by Gasteiger charge is 2.45. The van der Waals surface area contributed by atoms with Crippen LogP contribution in [0.3, 0.4) is 0 Å². The highest BCUT2D eigenvalue weighted by atomic mass is 31.2. The molecular formula is C52H67N6O11P. The summed E-state index contributed by atoms with van der Waals surface area (Å²) < 4.78 is 47.3. The second-order valence-electron chi connectivity index (χ2n) is 17.6. The van der Waals surface area contributed by atoms with Crippen molar-refractivity contribution in [2.45, 2.75) is 121 Å². The fraction of sp³-hybridized carbons (Fsp3) is 0.481. The second kappa shape index (κ2) is 26.4. The largest absolute Gasteiger partial charge is 0.497 e. The number of aromatic amines is 1. The number of alkyl carbamates (subject to hydrolysis) is 1. The molecule has 0 saturated carbocycles. The van der Waals surface area contributed by atoms with Gasteiger partial charge in [-0.2, -0.15) is 5.26 Å². The number of ether oxygens (including phenoxy) is 5. The third-order valence-corrected chi connectivity index (χ3v) is 14.3. The molecule has 0 spiro atoms. The maximum Gasteiger partial charge on any atom is 0.407 e. The van der Waals surface area contributed by atoms with Crippen molar-refractivity contribution in [1.82, 2.24) is 24.9 Å². The summed E-state index contributed by atoms with van der Waals surface area (Å²) in [5.41, 5.74) is -0.803. The van der Waals surface area contributed by atoms with Gasteiger partial charge in [-0.1, -0.05) is 66.7 Å². The molecule has 2 amide bonds. The average Bonchev–Trinajstić information content (AvgIpc) is 3.74. The Morgan fingerprint density at radius 3 is 2.14 bits per heavy atom. The molecule has 0 radical (unpaired) electrons. The minimum Gasteiger partial charge on any atom is -0.497 e. The number of benzene rings is 3. The summed E-state index contributed by atoms with van der Waals surface area (Å²) in [5, 5.41) is 14.9. The minimum absolute atomic E-state index is 0.0157. The second-order valence-corrected chi connectivity index (χ2v) is 19.0. The molecule has 5 atom stereocenters. The van der Waals surface area contributed by atoms with Crippen LogP contribution in [-0.2, 0) is 28.9 Å². The van der Waals surface area contributed by atoms with Gasteiger partial charge in [-0.3, -0.25) is 19.1 Å². The van der Waals surface area contributed by atoms with Crippen LogP contribution in [0, 0.1) is 11.3 Å². The third kappa shape index (κ3) is 13.9. The van der Waals surface area contributed by atoms with E-state index in [1.165, 1.54) is 10.8 Å². The molecule has 4 aromatic rings. The van der Waals surface area contributed by atoms with E-state index < -0.39 is 55.8 Å². The molecule has 1 fully saturated rings. The topological polar surface area (TPSA) is 205 Å². The molecule has 5 unspecified atom stereocenters. The van der Waals surface area contributed by atoms with Gasteiger partial charge < -0.3 is 43.4 Å². The van der Waals surface area contributed by atoms with Crippen LogP contribution in [-0.4, -0.2) is 97.1 Å². The summed E-state index contributed by atoms with van der Waals surface area (Å²) in [4.78, 5) is 55.3. The Morgan fingerprint density at radius 2 is 1.51 bits per heavy atom. The summed E-state index contributed by atoms with van der Waals surface area (Å²) in [7, 11) is 1.41. The van der Waals surface area contributed by atoms with Crippen molar-refractivity contribution >= 4 is 20.5 Å². The van der Waals surface area contributed by atoms with Crippen LogP contribution in [0.5, 0.6) is 11.5 Å². The number of rotatable bonds is 23. The Labute approximate surface area is 411 Å². The van der Waals surface area contributed by atoms with Crippen LogP contribution in [0.4, 0.5) is 4.79 Å². The number of nitrogens with one attached hydrogen (secondary N) is 3. The quantitative estimate of drug-likeness (QED) is 0.0278. The molecule has 376 valence electrons. The van der Waals surface area contributed by atoms with Gasteiger partial charge in [-0.15, -0.1) is 0 Å². The van der Waals surface area contributed by atoms with Gasteiger partial charge in [-0.25, -0.2) is 14.3 Å². The number of nitrogens with zero attached hydrogens (tertiary/aromatic N) is 3. The number of H-pyrrole nitrogens is 1. The molecule has 3 N–H and O–H groups in total. The summed E-state index contributed by atoms with van der Waals surface area (Å²) in [6, 6.07) is 27.2. The molecule has 1 saturated heterocycles. The van der Waals surface area contributed by atoms with Gasteiger partial charge in [0.25, 0.3) is 20.0 Å². The number of hydrogen-bond acceptors (Lipinski definition) is 13. The van der Waals surface area contributed by atoms with Gasteiger partial charge in [0.2, 0.25) is 0 Å². The number of carbonyl (C=O) groups excluding carboxylic acids is 2. The molecule has 18 heteroatoms. The lowest BCUT2D eigenvalue weighted by Crippen LogP contribution is -2.40. The van der Waals surface area contributed by atoms with Crippen molar-refractivity contribution in [2.24, 2.45) is 0 Å². The van der Waals surface area contributed by atoms with E-state index in [2.05, 4.69) is 38.5 Å². The van der Waals surface area contributed by atoms with E-state index >= 15 is 0 Å². The van der Waals surface area contributed by atoms with E-state index in [0.717, 1.165) is 48.8 Å². The van der Waals surface area contributed by atoms with E-state index in [1.54, 1.807) is 14.2 Å². The SMILES string of the molecule is COc1ccc(C(OCC2OC(n3cc(C(=O)NCCCNC(=O)OC4CC/C=C/CCC4)c(=O)[nH]c3=O)CC2OP(OCCC#N)N(C(C)C)C(C)C)(c2ccccc2)c2ccc(OC)cc2)cc1. The monoisotopic (exact) mass is 982 g/mol. The number of allylic oxidation sites excluding steroid dienone is 2. The number of carbonyl (C=O) groups is 2. The molecule has 6 rings (SSSR count). The zero-order valence-electron chi connectivity index (χ0n) is 41.0. The smallest absolute Gasteiger partial charge is 0.407 e. The summed E-state index contributed by atoms with van der Waals surface area (Å²) in [6.45, 7) is 8.55. The molecule has 1 aliphatic carbocycles. The maximum atomic E-state index is 13.7. The number of methoxy groups -OCH3 is 2. The lowest BCUT2D eigenvalue weighted by Gasteiger charge is -2.39. The summed E-state index contributed by atoms with van der Waals surface area (Å²) >= 11 is 0. The van der Waals surface area contributed by atoms with Gasteiger partial charge in [-0.05, 0) is 107 Å². The zero-order valence-corrected chi connectivity index (χ0v) is 41.9. The maximum absolute atomic E-state index is 13.7. The van der Waals surface area contributed by atoms with E-state index in [-0.39, 0.29) is 62.9 Å². The van der Waals surface area contributed by atoms with Crippen molar-refractivity contribution < 1.29 is 42.3 Å². The Balaban J connectivity index is 1.29. The predicted molar refractivity (Wildman–Crippen MR) is 266 cm³/mol. The van der Waals surface area contributed by atoms with Gasteiger partial charge >= 0.3 is 11.8 Å².